The van der Waals surface area contributed by atoms with Crippen LogP contribution < -0.4 is 0 Å². The Labute approximate surface area is 90.7 Å². The van der Waals surface area contributed by atoms with Crippen LogP contribution in [0.3, 0.4) is 0 Å². The molecule has 0 spiro atoms. The molecule has 0 aliphatic rings. The minimum absolute atomic E-state index is 0.0903. The highest BCUT2D eigenvalue weighted by molar-refractivity contribution is 9.10. The number of carbonyl (C=O) groups is 1. The molecule has 0 saturated carbocycles. The summed E-state index contributed by atoms with van der Waals surface area (Å²) < 4.78 is 0.933. The third-order valence-corrected chi connectivity index (χ3v) is 4.28. The van der Waals surface area contributed by atoms with Gasteiger partial charge in [0, 0.05) is 18.1 Å². The smallest absolute Gasteiger partial charge is 0.264 e. The van der Waals surface area contributed by atoms with Crippen LogP contribution in [0.25, 0.3) is 0 Å². The summed E-state index contributed by atoms with van der Waals surface area (Å²) in [6.45, 7) is 4.69. The summed E-state index contributed by atoms with van der Waals surface area (Å²) in [4.78, 5) is 14.2. The molecule has 0 aliphatic carbocycles. The highest BCUT2D eigenvalue weighted by Gasteiger charge is 2.16. The van der Waals surface area contributed by atoms with Gasteiger partial charge in [0.05, 0.1) is 0 Å². The number of hydrogen-bond acceptors (Lipinski definition) is 2. The zero-order chi connectivity index (χ0) is 10.0. The topological polar surface area (TPSA) is 20.3 Å². The number of hydrogen-bond donors (Lipinski definition) is 0. The lowest BCUT2D eigenvalue weighted by molar-refractivity contribution is 0.0806. The fourth-order valence-corrected chi connectivity index (χ4v) is 2.54. The molecule has 1 aromatic rings. The zero-order valence-corrected chi connectivity index (χ0v) is 10.3. The van der Waals surface area contributed by atoms with Gasteiger partial charge in [0.2, 0.25) is 0 Å². The molecule has 4 heteroatoms. The van der Waals surface area contributed by atoms with Crippen LogP contribution in [0.2, 0.25) is 0 Å². The SMILES string of the molecule is CCN(C)C(=O)c1scc(C)c1Br. The van der Waals surface area contributed by atoms with E-state index in [1.807, 2.05) is 26.3 Å². The summed E-state index contributed by atoms with van der Waals surface area (Å²) in [5.74, 6) is 0.0903. The Morgan fingerprint density at radius 2 is 2.31 bits per heavy atom. The van der Waals surface area contributed by atoms with Crippen LogP contribution in [0.5, 0.6) is 0 Å². The average Bonchev–Trinajstić information content (AvgIpc) is 2.45. The van der Waals surface area contributed by atoms with Gasteiger partial charge in [-0.05, 0) is 40.7 Å². The third kappa shape index (κ3) is 2.11. The Morgan fingerprint density at radius 1 is 1.69 bits per heavy atom. The van der Waals surface area contributed by atoms with Crippen molar-refractivity contribution in [2.45, 2.75) is 13.8 Å². The van der Waals surface area contributed by atoms with Crippen LogP contribution in [0.4, 0.5) is 0 Å². The lowest BCUT2D eigenvalue weighted by Crippen LogP contribution is -2.25. The van der Waals surface area contributed by atoms with Crippen molar-refractivity contribution in [1.82, 2.24) is 4.90 Å². The summed E-state index contributed by atoms with van der Waals surface area (Å²) in [6, 6.07) is 0. The van der Waals surface area contributed by atoms with Gasteiger partial charge in [-0.25, -0.2) is 0 Å². The van der Waals surface area contributed by atoms with Crippen molar-refractivity contribution in [2.24, 2.45) is 0 Å². The summed E-state index contributed by atoms with van der Waals surface area (Å²) in [7, 11) is 1.81. The summed E-state index contributed by atoms with van der Waals surface area (Å²) in [6.07, 6.45) is 0. The standard InChI is InChI=1S/C9H12BrNOS/c1-4-11(3)9(12)8-7(10)6(2)5-13-8/h5H,4H2,1-3H3. The molecule has 1 aromatic heterocycles. The van der Waals surface area contributed by atoms with E-state index < -0.39 is 0 Å². The Balaban J connectivity index is 2.95. The van der Waals surface area contributed by atoms with Crippen molar-refractivity contribution in [3.63, 3.8) is 0 Å². The first-order chi connectivity index (χ1) is 6.07. The maximum absolute atomic E-state index is 11.7. The molecule has 0 unspecified atom stereocenters. The number of thiophene rings is 1. The largest absolute Gasteiger partial charge is 0.341 e. The van der Waals surface area contributed by atoms with Gasteiger partial charge in [0.15, 0.2) is 0 Å². The van der Waals surface area contributed by atoms with Crippen LogP contribution in [-0.4, -0.2) is 24.4 Å². The number of nitrogens with zero attached hydrogens (tertiary/aromatic N) is 1. The Morgan fingerprint density at radius 3 is 2.69 bits per heavy atom. The molecule has 2 nitrogen and oxygen atoms in total. The van der Waals surface area contributed by atoms with Crippen molar-refractivity contribution in [3.8, 4) is 0 Å². The lowest BCUT2D eigenvalue weighted by atomic mass is 10.3. The molecule has 13 heavy (non-hydrogen) atoms. The molecule has 1 heterocycles. The van der Waals surface area contributed by atoms with Crippen molar-refractivity contribution < 1.29 is 4.79 Å². The van der Waals surface area contributed by atoms with E-state index in [0.717, 1.165) is 21.5 Å². The monoisotopic (exact) mass is 261 g/mol. The fourth-order valence-electron chi connectivity index (χ4n) is 0.891. The summed E-state index contributed by atoms with van der Waals surface area (Å²) in [5.41, 5.74) is 1.12. The molecule has 0 bridgehead atoms. The molecule has 1 rings (SSSR count). The van der Waals surface area contributed by atoms with Gasteiger partial charge in [0.1, 0.15) is 4.88 Å². The van der Waals surface area contributed by atoms with Gasteiger partial charge < -0.3 is 4.90 Å². The molecule has 1 amide bonds. The van der Waals surface area contributed by atoms with Crippen molar-refractivity contribution in [2.75, 3.05) is 13.6 Å². The second-order valence-corrected chi connectivity index (χ2v) is 4.55. The molecular weight excluding hydrogens is 250 g/mol. The van der Waals surface area contributed by atoms with E-state index in [2.05, 4.69) is 15.9 Å². The van der Waals surface area contributed by atoms with Crippen LogP contribution in [0, 0.1) is 6.92 Å². The number of amides is 1. The molecule has 0 atom stereocenters. The molecule has 0 fully saturated rings. The van der Waals surface area contributed by atoms with E-state index in [4.69, 9.17) is 0 Å². The van der Waals surface area contributed by atoms with E-state index in [0.29, 0.717) is 0 Å². The maximum atomic E-state index is 11.7. The highest BCUT2D eigenvalue weighted by Crippen LogP contribution is 2.28. The van der Waals surface area contributed by atoms with Gasteiger partial charge in [0.25, 0.3) is 5.91 Å². The third-order valence-electron chi connectivity index (χ3n) is 1.91. The first-order valence-corrected chi connectivity index (χ1v) is 5.74. The Kier molecular flexibility index (Phi) is 3.50. The van der Waals surface area contributed by atoms with E-state index >= 15 is 0 Å². The lowest BCUT2D eigenvalue weighted by Gasteiger charge is -2.13. The minimum Gasteiger partial charge on any atom is -0.341 e. The first kappa shape index (κ1) is 10.7. The van der Waals surface area contributed by atoms with Crippen molar-refractivity contribution in [3.05, 3.63) is 20.3 Å². The number of carbonyl (C=O) groups excluding carboxylic acids is 1. The number of aryl methyl sites for hydroxylation is 1. The summed E-state index contributed by atoms with van der Waals surface area (Å²) >= 11 is 4.90. The molecular formula is C9H12BrNOS. The molecule has 0 aromatic carbocycles. The Hall–Kier alpha value is -0.350. The fraction of sp³-hybridized carbons (Fsp3) is 0.444. The van der Waals surface area contributed by atoms with Crippen LogP contribution in [0.15, 0.2) is 9.85 Å². The second-order valence-electron chi connectivity index (χ2n) is 2.88. The van der Waals surface area contributed by atoms with E-state index in [1.165, 1.54) is 11.3 Å². The second kappa shape index (κ2) is 4.24. The Bertz CT molecular complexity index is 321. The van der Waals surface area contributed by atoms with E-state index in [1.54, 1.807) is 4.90 Å². The van der Waals surface area contributed by atoms with Gasteiger partial charge in [-0.2, -0.15) is 0 Å². The minimum atomic E-state index is 0.0903. The molecule has 0 aliphatic heterocycles. The predicted molar refractivity (Wildman–Crippen MR) is 59.4 cm³/mol. The predicted octanol–water partition coefficient (Wildman–Crippen LogP) is 2.91. The van der Waals surface area contributed by atoms with Crippen LogP contribution >= 0.6 is 27.3 Å². The van der Waals surface area contributed by atoms with Crippen molar-refractivity contribution in [1.29, 1.82) is 0 Å². The van der Waals surface area contributed by atoms with E-state index in [9.17, 15) is 4.79 Å². The maximum Gasteiger partial charge on any atom is 0.264 e. The van der Waals surface area contributed by atoms with E-state index in [-0.39, 0.29) is 5.91 Å². The molecule has 0 N–H and O–H groups in total. The van der Waals surface area contributed by atoms with Crippen LogP contribution in [-0.2, 0) is 0 Å². The quantitative estimate of drug-likeness (QED) is 0.802. The van der Waals surface area contributed by atoms with Gasteiger partial charge in [-0.1, -0.05) is 0 Å². The summed E-state index contributed by atoms with van der Waals surface area (Å²) in [5, 5.41) is 1.99. The normalized spacial score (nSPS) is 10.2. The highest BCUT2D eigenvalue weighted by atomic mass is 79.9. The molecule has 72 valence electrons. The van der Waals surface area contributed by atoms with Gasteiger partial charge >= 0.3 is 0 Å². The van der Waals surface area contributed by atoms with Crippen molar-refractivity contribution >= 4 is 33.2 Å². The average molecular weight is 262 g/mol. The first-order valence-electron chi connectivity index (χ1n) is 4.07. The molecule has 0 saturated heterocycles. The zero-order valence-electron chi connectivity index (χ0n) is 7.93. The molecule has 0 radical (unpaired) electrons. The number of rotatable bonds is 2. The van der Waals surface area contributed by atoms with Gasteiger partial charge in [-0.3, -0.25) is 4.79 Å². The number of halogens is 1. The van der Waals surface area contributed by atoms with Crippen LogP contribution in [0.1, 0.15) is 22.2 Å². The van der Waals surface area contributed by atoms with Gasteiger partial charge in [-0.15, -0.1) is 11.3 Å².